The number of rotatable bonds is 6. The summed E-state index contributed by atoms with van der Waals surface area (Å²) in [6.07, 6.45) is 0.970. The molecule has 0 aliphatic carbocycles. The smallest absolute Gasteiger partial charge is 0.289 e. The average molecular weight is 378 g/mol. The van der Waals surface area contributed by atoms with Gasteiger partial charge in [-0.2, -0.15) is 0 Å². The van der Waals surface area contributed by atoms with Gasteiger partial charge in [0.2, 0.25) is 0 Å². The SMILES string of the molecule is Cc1ccc(C(=O)N2CCN(CCCOc3ccc4ccccc4c3)CC2)o1. The van der Waals surface area contributed by atoms with Crippen molar-refractivity contribution in [2.75, 3.05) is 39.3 Å². The molecule has 0 radical (unpaired) electrons. The Kier molecular flexibility index (Phi) is 5.63. The van der Waals surface area contributed by atoms with Gasteiger partial charge < -0.3 is 14.1 Å². The van der Waals surface area contributed by atoms with Crippen molar-refractivity contribution in [2.45, 2.75) is 13.3 Å². The van der Waals surface area contributed by atoms with Crippen LogP contribution in [0.2, 0.25) is 0 Å². The molecule has 146 valence electrons. The van der Waals surface area contributed by atoms with E-state index in [-0.39, 0.29) is 5.91 Å². The number of ether oxygens (including phenoxy) is 1. The lowest BCUT2D eigenvalue weighted by atomic mass is 10.1. The van der Waals surface area contributed by atoms with Crippen LogP contribution in [-0.4, -0.2) is 55.0 Å². The van der Waals surface area contributed by atoms with E-state index in [9.17, 15) is 4.79 Å². The van der Waals surface area contributed by atoms with E-state index in [1.54, 1.807) is 6.07 Å². The predicted molar refractivity (Wildman–Crippen MR) is 110 cm³/mol. The molecule has 3 aromatic rings. The highest BCUT2D eigenvalue weighted by molar-refractivity contribution is 5.91. The monoisotopic (exact) mass is 378 g/mol. The van der Waals surface area contributed by atoms with Crippen molar-refractivity contribution in [3.05, 3.63) is 66.1 Å². The highest BCUT2D eigenvalue weighted by Gasteiger charge is 2.23. The van der Waals surface area contributed by atoms with Crippen LogP contribution in [0.25, 0.3) is 10.8 Å². The molecule has 0 bridgehead atoms. The fraction of sp³-hybridized carbons (Fsp3) is 0.348. The number of furan rings is 1. The molecule has 1 aliphatic rings. The molecule has 0 N–H and O–H groups in total. The molecule has 1 aromatic heterocycles. The molecule has 2 aromatic carbocycles. The third-order valence-corrected chi connectivity index (χ3v) is 5.22. The molecule has 4 rings (SSSR count). The maximum atomic E-state index is 12.4. The Morgan fingerprint density at radius 2 is 1.79 bits per heavy atom. The van der Waals surface area contributed by atoms with Crippen LogP contribution in [0.5, 0.6) is 5.75 Å². The molecule has 0 unspecified atom stereocenters. The summed E-state index contributed by atoms with van der Waals surface area (Å²) in [5.41, 5.74) is 0. The van der Waals surface area contributed by atoms with Crippen LogP contribution < -0.4 is 4.74 Å². The fourth-order valence-corrected chi connectivity index (χ4v) is 3.62. The molecule has 5 nitrogen and oxygen atoms in total. The highest BCUT2D eigenvalue weighted by Crippen LogP contribution is 2.20. The summed E-state index contributed by atoms with van der Waals surface area (Å²) in [7, 11) is 0. The molecule has 0 atom stereocenters. The lowest BCUT2D eigenvalue weighted by Gasteiger charge is -2.34. The number of benzene rings is 2. The van der Waals surface area contributed by atoms with Crippen LogP contribution >= 0.6 is 0 Å². The Balaban J connectivity index is 1.18. The molecule has 1 amide bonds. The van der Waals surface area contributed by atoms with Gasteiger partial charge in [-0.25, -0.2) is 0 Å². The number of amides is 1. The fourth-order valence-electron chi connectivity index (χ4n) is 3.62. The van der Waals surface area contributed by atoms with Gasteiger partial charge in [0.1, 0.15) is 11.5 Å². The summed E-state index contributed by atoms with van der Waals surface area (Å²) in [5.74, 6) is 2.12. The van der Waals surface area contributed by atoms with Crippen LogP contribution in [-0.2, 0) is 0 Å². The van der Waals surface area contributed by atoms with E-state index in [1.165, 1.54) is 10.8 Å². The topological polar surface area (TPSA) is 45.9 Å². The molecule has 1 fully saturated rings. The van der Waals surface area contributed by atoms with E-state index in [0.717, 1.165) is 50.7 Å². The van der Waals surface area contributed by atoms with Crippen molar-refractivity contribution in [3.8, 4) is 5.75 Å². The summed E-state index contributed by atoms with van der Waals surface area (Å²) < 4.78 is 11.4. The van der Waals surface area contributed by atoms with Crippen molar-refractivity contribution in [2.24, 2.45) is 0 Å². The van der Waals surface area contributed by atoms with Crippen molar-refractivity contribution < 1.29 is 13.9 Å². The first-order valence-electron chi connectivity index (χ1n) is 9.89. The Morgan fingerprint density at radius 1 is 1.00 bits per heavy atom. The van der Waals surface area contributed by atoms with E-state index in [2.05, 4.69) is 29.2 Å². The summed E-state index contributed by atoms with van der Waals surface area (Å²) in [6, 6.07) is 18.1. The number of nitrogens with zero attached hydrogens (tertiary/aromatic N) is 2. The van der Waals surface area contributed by atoms with Crippen LogP contribution in [0.1, 0.15) is 22.7 Å². The average Bonchev–Trinajstić information content (AvgIpc) is 3.17. The predicted octanol–water partition coefficient (Wildman–Crippen LogP) is 3.97. The summed E-state index contributed by atoms with van der Waals surface area (Å²) in [6.45, 7) is 6.80. The normalized spacial score (nSPS) is 15.1. The molecule has 0 saturated carbocycles. The summed E-state index contributed by atoms with van der Waals surface area (Å²) in [4.78, 5) is 16.7. The van der Waals surface area contributed by atoms with Gasteiger partial charge in [0, 0.05) is 32.7 Å². The van der Waals surface area contributed by atoms with Crippen LogP contribution in [0.15, 0.2) is 59.0 Å². The second kappa shape index (κ2) is 8.48. The number of carbonyl (C=O) groups is 1. The summed E-state index contributed by atoms with van der Waals surface area (Å²) >= 11 is 0. The second-order valence-electron chi connectivity index (χ2n) is 7.26. The van der Waals surface area contributed by atoms with Gasteiger partial charge in [-0.15, -0.1) is 0 Å². The van der Waals surface area contributed by atoms with Crippen molar-refractivity contribution in [3.63, 3.8) is 0 Å². The Hall–Kier alpha value is -2.79. The molecule has 0 spiro atoms. The minimum atomic E-state index is -0.00705. The van der Waals surface area contributed by atoms with E-state index in [4.69, 9.17) is 9.15 Å². The zero-order valence-electron chi connectivity index (χ0n) is 16.3. The highest BCUT2D eigenvalue weighted by atomic mass is 16.5. The Bertz CT molecular complexity index is 942. The second-order valence-corrected chi connectivity index (χ2v) is 7.26. The first-order chi connectivity index (χ1) is 13.7. The minimum absolute atomic E-state index is 0.00705. The largest absolute Gasteiger partial charge is 0.494 e. The van der Waals surface area contributed by atoms with Crippen LogP contribution in [0, 0.1) is 6.92 Å². The van der Waals surface area contributed by atoms with Gasteiger partial charge in [0.25, 0.3) is 5.91 Å². The number of hydrogen-bond acceptors (Lipinski definition) is 4. The lowest BCUT2D eigenvalue weighted by Crippen LogP contribution is -2.48. The van der Waals surface area contributed by atoms with Gasteiger partial charge in [-0.1, -0.05) is 30.3 Å². The molecule has 1 saturated heterocycles. The molecular formula is C23H26N2O3. The quantitative estimate of drug-likeness (QED) is 0.609. The molecule has 5 heteroatoms. The Morgan fingerprint density at radius 3 is 2.54 bits per heavy atom. The summed E-state index contributed by atoms with van der Waals surface area (Å²) in [5, 5.41) is 2.43. The van der Waals surface area contributed by atoms with Gasteiger partial charge in [0.15, 0.2) is 5.76 Å². The van der Waals surface area contributed by atoms with Crippen LogP contribution in [0.4, 0.5) is 0 Å². The molecular weight excluding hydrogens is 352 g/mol. The van der Waals surface area contributed by atoms with Crippen LogP contribution in [0.3, 0.4) is 0 Å². The molecule has 28 heavy (non-hydrogen) atoms. The van der Waals surface area contributed by atoms with Crippen molar-refractivity contribution in [1.82, 2.24) is 9.80 Å². The lowest BCUT2D eigenvalue weighted by molar-refractivity contribution is 0.0599. The minimum Gasteiger partial charge on any atom is -0.494 e. The number of aryl methyl sites for hydroxylation is 1. The van der Waals surface area contributed by atoms with E-state index in [1.807, 2.05) is 36.1 Å². The van der Waals surface area contributed by atoms with Gasteiger partial charge >= 0.3 is 0 Å². The molecule has 2 heterocycles. The number of piperazine rings is 1. The number of fused-ring (bicyclic) bond motifs is 1. The Labute approximate surface area is 165 Å². The van der Waals surface area contributed by atoms with Gasteiger partial charge in [-0.05, 0) is 48.4 Å². The number of hydrogen-bond donors (Lipinski definition) is 0. The first-order valence-corrected chi connectivity index (χ1v) is 9.89. The van der Waals surface area contributed by atoms with Gasteiger partial charge in [0.05, 0.1) is 6.61 Å². The third kappa shape index (κ3) is 4.37. The van der Waals surface area contributed by atoms with Crippen molar-refractivity contribution >= 4 is 16.7 Å². The zero-order chi connectivity index (χ0) is 19.3. The zero-order valence-corrected chi connectivity index (χ0v) is 16.3. The van der Waals surface area contributed by atoms with Gasteiger partial charge in [-0.3, -0.25) is 9.69 Å². The molecule has 1 aliphatic heterocycles. The van der Waals surface area contributed by atoms with E-state index >= 15 is 0 Å². The van der Waals surface area contributed by atoms with E-state index < -0.39 is 0 Å². The standard InChI is InChI=1S/C23H26N2O3/c1-18-7-10-22(28-18)23(26)25-14-12-24(13-15-25)11-4-16-27-21-9-8-19-5-2-3-6-20(19)17-21/h2-3,5-10,17H,4,11-16H2,1H3. The number of carbonyl (C=O) groups excluding carboxylic acids is 1. The third-order valence-electron chi connectivity index (χ3n) is 5.22. The maximum absolute atomic E-state index is 12.4. The first kappa shape index (κ1) is 18.6. The maximum Gasteiger partial charge on any atom is 0.289 e. The van der Waals surface area contributed by atoms with Crippen molar-refractivity contribution in [1.29, 1.82) is 0 Å². The van der Waals surface area contributed by atoms with E-state index in [0.29, 0.717) is 12.4 Å².